The lowest BCUT2D eigenvalue weighted by atomic mass is 9.46. The van der Waals surface area contributed by atoms with Gasteiger partial charge in [-0.15, -0.1) is 0 Å². The molecule has 4 aliphatic rings. The predicted molar refractivity (Wildman–Crippen MR) is 98.7 cm³/mol. The van der Waals surface area contributed by atoms with Crippen LogP contribution in [0.1, 0.15) is 52.9 Å². The molecule has 0 aromatic carbocycles. The van der Waals surface area contributed by atoms with Gasteiger partial charge < -0.3 is 10.2 Å². The third kappa shape index (κ3) is 2.16. The van der Waals surface area contributed by atoms with E-state index in [2.05, 4.69) is 6.92 Å². The minimum atomic E-state index is -1.63. The van der Waals surface area contributed by atoms with Gasteiger partial charge in [-0.05, 0) is 56.1 Å². The number of carbonyl (C=O) groups excluding carboxylic acids is 3. The van der Waals surface area contributed by atoms with Gasteiger partial charge in [0, 0.05) is 23.2 Å². The van der Waals surface area contributed by atoms with Crippen LogP contribution in [0.4, 0.5) is 0 Å². The van der Waals surface area contributed by atoms with Crippen molar-refractivity contribution in [3.8, 4) is 0 Å². The summed E-state index contributed by atoms with van der Waals surface area (Å²) < 4.78 is 0. The van der Waals surface area contributed by atoms with Crippen molar-refractivity contribution >= 4 is 17.3 Å². The maximum Gasteiger partial charge on any atom is 0.190 e. The molecule has 0 unspecified atom stereocenters. The molecule has 2 N–H and O–H groups in total. The van der Waals surface area contributed by atoms with Gasteiger partial charge in [0.2, 0.25) is 0 Å². The van der Waals surface area contributed by atoms with Gasteiger partial charge in [0.15, 0.2) is 11.6 Å². The van der Waals surface area contributed by atoms with Crippen molar-refractivity contribution in [2.75, 3.05) is 6.61 Å². The Morgan fingerprint density at radius 2 is 1.96 bits per heavy atom. The average Bonchev–Trinajstić information content (AvgIpc) is 2.89. The molecular formula is C22H28O5. The van der Waals surface area contributed by atoms with E-state index in [9.17, 15) is 24.6 Å². The van der Waals surface area contributed by atoms with Crippen LogP contribution in [0.25, 0.3) is 0 Å². The predicted octanol–water partition coefficient (Wildman–Crippen LogP) is 2.16. The molecular weight excluding hydrogens is 344 g/mol. The summed E-state index contributed by atoms with van der Waals surface area (Å²) in [5, 5.41) is 20.5. The Kier molecular flexibility index (Phi) is 3.97. The maximum atomic E-state index is 13.4. The Morgan fingerprint density at radius 3 is 2.63 bits per heavy atom. The highest BCUT2D eigenvalue weighted by molar-refractivity contribution is 6.06. The second-order valence-corrected chi connectivity index (χ2v) is 9.41. The minimum Gasteiger partial charge on any atom is -0.388 e. The number of carbonyl (C=O) groups is 3. The Morgan fingerprint density at radius 1 is 1.26 bits per heavy atom. The normalized spacial score (nSPS) is 46.2. The second-order valence-electron chi connectivity index (χ2n) is 9.41. The van der Waals surface area contributed by atoms with E-state index in [0.29, 0.717) is 12.8 Å². The number of allylic oxidation sites excluding steroid dienone is 4. The summed E-state index contributed by atoms with van der Waals surface area (Å²) in [4.78, 5) is 37.9. The molecule has 0 heterocycles. The first-order valence-corrected chi connectivity index (χ1v) is 9.93. The maximum absolute atomic E-state index is 13.4. The molecule has 3 saturated carbocycles. The van der Waals surface area contributed by atoms with Gasteiger partial charge in [-0.1, -0.05) is 25.5 Å². The molecule has 6 atom stereocenters. The SMILES string of the molecule is CC1=C2CC[C@@H]3[C@H](C(=O)C[C@@]4(C)[C@H]3CC[C@]4(O)C(=O)CO)[C@@]2(C)C=CC1=O. The van der Waals surface area contributed by atoms with E-state index < -0.39 is 28.8 Å². The molecule has 0 aromatic heterocycles. The van der Waals surface area contributed by atoms with E-state index >= 15 is 0 Å². The van der Waals surface area contributed by atoms with Gasteiger partial charge >= 0.3 is 0 Å². The number of ketones is 3. The smallest absolute Gasteiger partial charge is 0.190 e. The third-order valence-electron chi connectivity index (χ3n) is 8.45. The Bertz CT molecular complexity index is 808. The van der Waals surface area contributed by atoms with Gasteiger partial charge in [-0.3, -0.25) is 14.4 Å². The van der Waals surface area contributed by atoms with Crippen molar-refractivity contribution in [2.45, 2.75) is 58.5 Å². The first-order valence-electron chi connectivity index (χ1n) is 9.93. The van der Waals surface area contributed by atoms with Gasteiger partial charge in [-0.25, -0.2) is 0 Å². The lowest BCUT2D eigenvalue weighted by Gasteiger charge is -2.57. The summed E-state index contributed by atoms with van der Waals surface area (Å²) >= 11 is 0. The van der Waals surface area contributed by atoms with Gasteiger partial charge in [0.25, 0.3) is 0 Å². The Hall–Kier alpha value is -1.59. The van der Waals surface area contributed by atoms with Crippen LogP contribution < -0.4 is 0 Å². The zero-order chi connectivity index (χ0) is 19.8. The lowest BCUT2D eigenvalue weighted by Crippen LogP contribution is -2.60. The van der Waals surface area contributed by atoms with Crippen LogP contribution in [0, 0.1) is 28.6 Å². The molecule has 3 fully saturated rings. The molecule has 27 heavy (non-hydrogen) atoms. The molecule has 0 aliphatic heterocycles. The van der Waals surface area contributed by atoms with Crippen molar-refractivity contribution in [3.63, 3.8) is 0 Å². The molecule has 4 rings (SSSR count). The fourth-order valence-electron chi connectivity index (χ4n) is 7.00. The summed E-state index contributed by atoms with van der Waals surface area (Å²) in [6.07, 6.45) is 6.21. The molecule has 0 amide bonds. The van der Waals surface area contributed by atoms with E-state index in [1.165, 1.54) is 0 Å². The zero-order valence-corrected chi connectivity index (χ0v) is 16.2. The fraction of sp³-hybridized carbons (Fsp3) is 0.682. The number of rotatable bonds is 2. The number of fused-ring (bicyclic) bond motifs is 5. The first kappa shape index (κ1) is 18.8. The number of hydrogen-bond acceptors (Lipinski definition) is 5. The summed E-state index contributed by atoms with van der Waals surface area (Å²) in [5.41, 5.74) is -1.07. The third-order valence-corrected chi connectivity index (χ3v) is 8.45. The van der Waals surface area contributed by atoms with Gasteiger partial charge in [0.05, 0.1) is 0 Å². The van der Waals surface area contributed by atoms with Crippen LogP contribution in [0.15, 0.2) is 23.3 Å². The van der Waals surface area contributed by atoms with E-state index in [1.54, 1.807) is 6.08 Å². The molecule has 5 heteroatoms. The molecule has 5 nitrogen and oxygen atoms in total. The molecule has 0 saturated heterocycles. The zero-order valence-electron chi connectivity index (χ0n) is 16.2. The average molecular weight is 372 g/mol. The monoisotopic (exact) mass is 372 g/mol. The van der Waals surface area contributed by atoms with Crippen molar-refractivity contribution in [3.05, 3.63) is 23.3 Å². The highest BCUT2D eigenvalue weighted by Crippen LogP contribution is 2.66. The molecule has 146 valence electrons. The van der Waals surface area contributed by atoms with Crippen molar-refractivity contribution < 1.29 is 24.6 Å². The molecule has 0 radical (unpaired) electrons. The molecule has 0 bridgehead atoms. The van der Waals surface area contributed by atoms with Gasteiger partial charge in [-0.2, -0.15) is 0 Å². The minimum absolute atomic E-state index is 0.0257. The largest absolute Gasteiger partial charge is 0.388 e. The summed E-state index contributed by atoms with van der Waals surface area (Å²) in [6.45, 7) is 5.07. The number of Topliss-reactive ketones (excluding diaryl/α,β-unsaturated/α-hetero) is 2. The van der Waals surface area contributed by atoms with Crippen LogP contribution in [0.3, 0.4) is 0 Å². The topological polar surface area (TPSA) is 91.7 Å². The summed E-state index contributed by atoms with van der Waals surface area (Å²) in [6, 6.07) is 0. The van der Waals surface area contributed by atoms with Crippen LogP contribution in [0.5, 0.6) is 0 Å². The van der Waals surface area contributed by atoms with E-state index in [0.717, 1.165) is 24.0 Å². The molecule has 0 aromatic rings. The van der Waals surface area contributed by atoms with E-state index in [-0.39, 0.29) is 35.7 Å². The standard InChI is InChI=1S/C22H28O5/c1-12-14-5-4-13-15-6-9-22(27,18(26)11-23)21(15,3)10-17(25)19(13)20(14,2)8-7-16(12)24/h7-8,13,15,19,23,27H,4-6,9-11H2,1-3H3/t13-,15-,19+,20-,21-,22-/m0/s1. The van der Waals surface area contributed by atoms with Crippen LogP contribution in [-0.4, -0.2) is 39.8 Å². The van der Waals surface area contributed by atoms with Crippen molar-refractivity contribution in [1.29, 1.82) is 0 Å². The van der Waals surface area contributed by atoms with Crippen molar-refractivity contribution in [1.82, 2.24) is 0 Å². The second kappa shape index (κ2) is 5.71. The highest BCUT2D eigenvalue weighted by atomic mass is 16.3. The first-order chi connectivity index (χ1) is 12.6. The lowest BCUT2D eigenvalue weighted by molar-refractivity contribution is -0.168. The fourth-order valence-corrected chi connectivity index (χ4v) is 7.00. The molecule has 0 spiro atoms. The van der Waals surface area contributed by atoms with Gasteiger partial charge in [0.1, 0.15) is 18.0 Å². The number of aliphatic hydroxyl groups excluding tert-OH is 1. The quantitative estimate of drug-likeness (QED) is 0.775. The number of hydrogen-bond donors (Lipinski definition) is 2. The van der Waals surface area contributed by atoms with E-state index in [4.69, 9.17) is 0 Å². The van der Waals surface area contributed by atoms with Crippen LogP contribution in [-0.2, 0) is 14.4 Å². The highest BCUT2D eigenvalue weighted by Gasteiger charge is 2.68. The van der Waals surface area contributed by atoms with Crippen LogP contribution >= 0.6 is 0 Å². The van der Waals surface area contributed by atoms with Crippen molar-refractivity contribution in [2.24, 2.45) is 28.6 Å². The summed E-state index contributed by atoms with van der Waals surface area (Å²) in [7, 11) is 0. The van der Waals surface area contributed by atoms with Crippen LogP contribution in [0.2, 0.25) is 0 Å². The number of aliphatic hydroxyl groups is 2. The van der Waals surface area contributed by atoms with E-state index in [1.807, 2.05) is 19.9 Å². The molecule has 4 aliphatic carbocycles. The Balaban J connectivity index is 1.78. The Labute approximate surface area is 159 Å². The summed E-state index contributed by atoms with van der Waals surface area (Å²) in [5.74, 6) is -0.554.